The van der Waals surface area contributed by atoms with Crippen molar-refractivity contribution >= 4 is 23.0 Å². The summed E-state index contributed by atoms with van der Waals surface area (Å²) in [6, 6.07) is 1.32. The molecule has 2 heterocycles. The summed E-state index contributed by atoms with van der Waals surface area (Å²) in [5.41, 5.74) is -0.221. The van der Waals surface area contributed by atoms with Crippen molar-refractivity contribution in [2.75, 3.05) is 0 Å². The molecule has 0 saturated heterocycles. The lowest BCUT2D eigenvalue weighted by atomic mass is 10.0. The van der Waals surface area contributed by atoms with Gasteiger partial charge in [0, 0.05) is 5.56 Å². The highest BCUT2D eigenvalue weighted by atomic mass is 32.1. The van der Waals surface area contributed by atoms with E-state index in [9.17, 15) is 23.1 Å². The van der Waals surface area contributed by atoms with E-state index in [-0.39, 0.29) is 16.2 Å². The minimum absolute atomic E-state index is 0.0210. The Morgan fingerprint density at radius 1 is 1.56 bits per heavy atom. The third-order valence-corrected chi connectivity index (χ3v) is 3.23. The third-order valence-electron chi connectivity index (χ3n) is 2.33. The van der Waals surface area contributed by atoms with Crippen LogP contribution in [0, 0.1) is 0 Å². The molecule has 5 nitrogen and oxygen atoms in total. The van der Waals surface area contributed by atoms with E-state index in [4.69, 9.17) is 5.11 Å². The minimum Gasteiger partial charge on any atom is -0.477 e. The molecular formula is C9H6F3NO4S. The zero-order valence-electron chi connectivity index (χ0n) is 8.56. The van der Waals surface area contributed by atoms with Gasteiger partial charge in [-0.3, -0.25) is 0 Å². The monoisotopic (exact) mass is 281 g/mol. The molecule has 2 N–H and O–H groups in total. The van der Waals surface area contributed by atoms with E-state index in [1.807, 2.05) is 0 Å². The zero-order chi connectivity index (χ0) is 13.6. The molecule has 0 bridgehead atoms. The zero-order valence-corrected chi connectivity index (χ0v) is 9.38. The number of rotatable bonds is 2. The van der Waals surface area contributed by atoms with Gasteiger partial charge >= 0.3 is 17.9 Å². The molecule has 1 atom stereocenters. The lowest BCUT2D eigenvalue weighted by molar-refractivity contribution is -0.355. The van der Waals surface area contributed by atoms with Crippen molar-refractivity contribution in [2.24, 2.45) is 5.16 Å². The van der Waals surface area contributed by atoms with Gasteiger partial charge in [0.25, 0.3) is 0 Å². The van der Waals surface area contributed by atoms with Crippen LogP contribution in [0.1, 0.15) is 21.7 Å². The van der Waals surface area contributed by atoms with Crippen molar-refractivity contribution < 1.29 is 33.0 Å². The van der Waals surface area contributed by atoms with E-state index in [0.717, 1.165) is 11.3 Å². The summed E-state index contributed by atoms with van der Waals surface area (Å²) in [6.07, 6.45) is -5.94. The third kappa shape index (κ3) is 1.95. The van der Waals surface area contributed by atoms with Crippen LogP contribution < -0.4 is 0 Å². The van der Waals surface area contributed by atoms with Crippen LogP contribution in [-0.4, -0.2) is 33.9 Å². The Morgan fingerprint density at radius 3 is 2.72 bits per heavy atom. The van der Waals surface area contributed by atoms with Gasteiger partial charge in [0.2, 0.25) is 0 Å². The fourth-order valence-electron chi connectivity index (χ4n) is 1.42. The van der Waals surface area contributed by atoms with E-state index in [0.29, 0.717) is 0 Å². The Labute approximate surface area is 102 Å². The van der Waals surface area contributed by atoms with Crippen LogP contribution >= 0.6 is 11.3 Å². The Morgan fingerprint density at radius 2 is 2.22 bits per heavy atom. The fourth-order valence-corrected chi connectivity index (χ4v) is 2.17. The number of carbonyl (C=O) groups is 1. The average molecular weight is 281 g/mol. The molecule has 0 saturated carbocycles. The van der Waals surface area contributed by atoms with Gasteiger partial charge in [-0.1, -0.05) is 5.16 Å². The number of nitrogens with zero attached hydrogens (tertiary/aromatic N) is 1. The molecule has 0 aliphatic carbocycles. The molecule has 0 aromatic carbocycles. The molecular weight excluding hydrogens is 275 g/mol. The van der Waals surface area contributed by atoms with Crippen molar-refractivity contribution in [3.05, 3.63) is 21.9 Å². The van der Waals surface area contributed by atoms with Gasteiger partial charge < -0.3 is 15.1 Å². The lowest BCUT2D eigenvalue weighted by Crippen LogP contribution is -2.45. The first kappa shape index (κ1) is 12.8. The van der Waals surface area contributed by atoms with E-state index in [1.54, 1.807) is 0 Å². The van der Waals surface area contributed by atoms with Crippen LogP contribution in [0.25, 0.3) is 0 Å². The Kier molecular flexibility index (Phi) is 2.82. The molecule has 0 amide bonds. The Balaban J connectivity index is 2.29. The van der Waals surface area contributed by atoms with Gasteiger partial charge in [-0.25, -0.2) is 4.79 Å². The number of halogens is 3. The van der Waals surface area contributed by atoms with Crippen LogP contribution in [0.15, 0.2) is 16.6 Å². The number of aromatic carboxylic acids is 1. The number of carboxylic acids is 1. The predicted molar refractivity (Wildman–Crippen MR) is 54.5 cm³/mol. The van der Waals surface area contributed by atoms with Crippen LogP contribution in [0.3, 0.4) is 0 Å². The lowest BCUT2D eigenvalue weighted by Gasteiger charge is -2.22. The van der Waals surface area contributed by atoms with Crippen molar-refractivity contribution in [2.45, 2.75) is 18.4 Å². The molecule has 2 rings (SSSR count). The SMILES string of the molecule is O=C(O)c1sccc1C1=NOC(O)(C(F)(F)F)C1. The van der Waals surface area contributed by atoms with Crippen LogP contribution in [0.4, 0.5) is 13.2 Å². The van der Waals surface area contributed by atoms with Crippen molar-refractivity contribution in [3.8, 4) is 0 Å². The Bertz CT molecular complexity index is 524. The molecule has 0 radical (unpaired) electrons. The second-order valence-electron chi connectivity index (χ2n) is 3.56. The largest absolute Gasteiger partial charge is 0.477 e. The highest BCUT2D eigenvalue weighted by Gasteiger charge is 2.60. The average Bonchev–Trinajstić information content (AvgIpc) is 2.82. The number of hydrogen-bond acceptors (Lipinski definition) is 5. The molecule has 1 aromatic heterocycles. The van der Waals surface area contributed by atoms with Gasteiger partial charge in [-0.2, -0.15) is 13.2 Å². The highest BCUT2D eigenvalue weighted by molar-refractivity contribution is 7.12. The first-order chi connectivity index (χ1) is 8.24. The van der Waals surface area contributed by atoms with Gasteiger partial charge in [0.05, 0.1) is 12.1 Å². The van der Waals surface area contributed by atoms with Crippen molar-refractivity contribution in [3.63, 3.8) is 0 Å². The van der Waals surface area contributed by atoms with E-state index in [1.165, 1.54) is 11.4 Å². The standard InChI is InChI=1S/C9H6F3NO4S/c10-9(11,12)8(16)3-5(13-17-8)4-1-2-18-6(4)7(14)15/h1-2,16H,3H2,(H,14,15). The highest BCUT2D eigenvalue weighted by Crippen LogP contribution is 2.39. The van der Waals surface area contributed by atoms with Gasteiger partial charge in [0.15, 0.2) is 0 Å². The topological polar surface area (TPSA) is 79.1 Å². The second kappa shape index (κ2) is 3.95. The molecule has 1 unspecified atom stereocenters. The smallest absolute Gasteiger partial charge is 0.458 e. The molecule has 9 heteroatoms. The second-order valence-corrected chi connectivity index (χ2v) is 4.47. The number of aliphatic hydroxyl groups is 1. The Hall–Kier alpha value is -1.61. The first-order valence-corrected chi connectivity index (χ1v) is 5.48. The van der Waals surface area contributed by atoms with Gasteiger partial charge in [0.1, 0.15) is 4.88 Å². The van der Waals surface area contributed by atoms with Crippen LogP contribution in [-0.2, 0) is 4.84 Å². The van der Waals surface area contributed by atoms with Crippen LogP contribution in [0.2, 0.25) is 0 Å². The molecule has 1 aliphatic heterocycles. The quantitative estimate of drug-likeness (QED) is 0.866. The number of hydrogen-bond donors (Lipinski definition) is 2. The van der Waals surface area contributed by atoms with E-state index in [2.05, 4.69) is 9.99 Å². The summed E-state index contributed by atoms with van der Waals surface area (Å²) in [6.45, 7) is 0. The van der Waals surface area contributed by atoms with Gasteiger partial charge in [-0.15, -0.1) is 11.3 Å². The maximum Gasteiger partial charge on any atom is 0.458 e. The molecule has 0 fully saturated rings. The number of carboxylic acid groups (broad SMARTS) is 1. The predicted octanol–water partition coefficient (Wildman–Crippen LogP) is 1.82. The first-order valence-electron chi connectivity index (χ1n) is 4.60. The van der Waals surface area contributed by atoms with Crippen molar-refractivity contribution in [1.29, 1.82) is 0 Å². The molecule has 18 heavy (non-hydrogen) atoms. The summed E-state index contributed by atoms with van der Waals surface area (Å²) in [5.74, 6) is -4.66. The molecule has 1 aliphatic rings. The maximum atomic E-state index is 12.5. The summed E-state index contributed by atoms with van der Waals surface area (Å²) < 4.78 is 37.4. The van der Waals surface area contributed by atoms with E-state index >= 15 is 0 Å². The number of thiophene rings is 1. The summed E-state index contributed by atoms with van der Waals surface area (Å²) in [4.78, 5) is 14.7. The number of alkyl halides is 3. The minimum atomic E-state index is -5.00. The number of oxime groups is 1. The van der Waals surface area contributed by atoms with Crippen LogP contribution in [0.5, 0.6) is 0 Å². The van der Waals surface area contributed by atoms with E-state index < -0.39 is 24.4 Å². The molecule has 98 valence electrons. The molecule has 0 spiro atoms. The van der Waals surface area contributed by atoms with Gasteiger partial charge in [-0.05, 0) is 11.4 Å². The summed E-state index contributed by atoms with van der Waals surface area (Å²) in [5, 5.41) is 22.6. The maximum absolute atomic E-state index is 12.5. The molecule has 1 aromatic rings. The van der Waals surface area contributed by atoms with Crippen molar-refractivity contribution in [1.82, 2.24) is 0 Å². The summed E-state index contributed by atoms with van der Waals surface area (Å²) >= 11 is 0.853. The normalized spacial score (nSPS) is 23.7. The summed E-state index contributed by atoms with van der Waals surface area (Å²) in [7, 11) is 0. The fraction of sp³-hybridized carbons (Fsp3) is 0.333.